The molecule has 0 saturated carbocycles. The van der Waals surface area contributed by atoms with Crippen molar-refractivity contribution in [2.75, 3.05) is 13.2 Å². The minimum atomic E-state index is -0.661. The molecule has 27 heavy (non-hydrogen) atoms. The molecule has 0 amide bonds. The predicted octanol–water partition coefficient (Wildman–Crippen LogP) is 3.21. The van der Waals surface area contributed by atoms with Gasteiger partial charge in [-0.25, -0.2) is 9.98 Å². The number of nitriles is 1. The topological polar surface area (TPSA) is 67.0 Å². The number of rotatable bonds is 6. The van der Waals surface area contributed by atoms with Crippen LogP contribution >= 0.6 is 0 Å². The van der Waals surface area contributed by atoms with E-state index in [1.165, 1.54) is 11.1 Å². The average molecular weight is 359 g/mol. The highest BCUT2D eigenvalue weighted by Gasteiger charge is 2.34. The zero-order chi connectivity index (χ0) is 18.5. The summed E-state index contributed by atoms with van der Waals surface area (Å²) in [5.41, 5.74) is 2.42. The molecule has 0 fully saturated rings. The molecule has 2 heterocycles. The third-order valence-corrected chi connectivity index (χ3v) is 4.72. The van der Waals surface area contributed by atoms with Gasteiger partial charge in [-0.3, -0.25) is 0 Å². The van der Waals surface area contributed by atoms with Crippen LogP contribution in [0.4, 0.5) is 0 Å². The summed E-state index contributed by atoms with van der Waals surface area (Å²) in [6.07, 6.45) is 1.60. The zero-order valence-electron chi connectivity index (χ0n) is 15.0. The summed E-state index contributed by atoms with van der Waals surface area (Å²) in [7, 11) is 0. The predicted molar refractivity (Wildman–Crippen MR) is 104 cm³/mol. The third-order valence-electron chi connectivity index (χ3n) is 4.72. The minimum Gasteiger partial charge on any atom is -0.477 e. The smallest absolute Gasteiger partial charge is 0.211 e. The summed E-state index contributed by atoms with van der Waals surface area (Å²) < 4.78 is 11.4. The molecule has 4 rings (SSSR count). The SMILES string of the molecule is N#CC(C1=N[C@@H](Cc2ccccc2)CO1)C1=N[C@@H](Cc2ccccc2)CO1. The van der Waals surface area contributed by atoms with Gasteiger partial charge in [0.05, 0.1) is 18.2 Å². The quantitative estimate of drug-likeness (QED) is 0.795. The highest BCUT2D eigenvalue weighted by Crippen LogP contribution is 2.21. The van der Waals surface area contributed by atoms with Gasteiger partial charge in [0, 0.05) is 0 Å². The number of ether oxygens (including phenoxy) is 2. The van der Waals surface area contributed by atoms with Crippen LogP contribution in [0.15, 0.2) is 70.6 Å². The number of nitrogens with zero attached hydrogens (tertiary/aromatic N) is 3. The van der Waals surface area contributed by atoms with Crippen molar-refractivity contribution in [2.45, 2.75) is 24.9 Å². The normalized spacial score (nSPS) is 21.2. The maximum Gasteiger partial charge on any atom is 0.211 e. The Hall–Kier alpha value is -3.13. The Labute approximate surface area is 159 Å². The molecule has 5 heteroatoms. The number of aliphatic imine (C=N–C) groups is 2. The number of hydrogen-bond donors (Lipinski definition) is 0. The van der Waals surface area contributed by atoms with E-state index in [0.717, 1.165) is 12.8 Å². The fourth-order valence-corrected chi connectivity index (χ4v) is 3.39. The van der Waals surface area contributed by atoms with Crippen molar-refractivity contribution in [3.05, 3.63) is 71.8 Å². The Kier molecular flexibility index (Phi) is 5.15. The van der Waals surface area contributed by atoms with E-state index in [-0.39, 0.29) is 12.1 Å². The molecule has 2 aliphatic rings. The van der Waals surface area contributed by atoms with Gasteiger partial charge in [0.1, 0.15) is 13.2 Å². The highest BCUT2D eigenvalue weighted by molar-refractivity contribution is 6.04. The molecule has 0 saturated heterocycles. The molecule has 136 valence electrons. The first kappa shape index (κ1) is 17.3. The Morgan fingerprint density at radius 2 is 1.26 bits per heavy atom. The van der Waals surface area contributed by atoms with E-state index < -0.39 is 5.92 Å². The zero-order valence-corrected chi connectivity index (χ0v) is 15.0. The summed E-state index contributed by atoms with van der Waals surface area (Å²) in [6, 6.07) is 22.7. The molecule has 0 spiro atoms. The Balaban J connectivity index is 1.42. The molecule has 0 aromatic heterocycles. The van der Waals surface area contributed by atoms with Crippen molar-refractivity contribution in [1.82, 2.24) is 0 Å². The molecule has 2 aliphatic heterocycles. The molecular formula is C22H21N3O2. The van der Waals surface area contributed by atoms with E-state index in [4.69, 9.17) is 9.47 Å². The summed E-state index contributed by atoms with van der Waals surface area (Å²) in [6.45, 7) is 0.978. The lowest BCUT2D eigenvalue weighted by Gasteiger charge is -2.07. The van der Waals surface area contributed by atoms with Crippen LogP contribution in [0, 0.1) is 17.2 Å². The van der Waals surface area contributed by atoms with Crippen molar-refractivity contribution in [3.8, 4) is 6.07 Å². The molecule has 2 aromatic rings. The van der Waals surface area contributed by atoms with Gasteiger partial charge in [-0.1, -0.05) is 60.7 Å². The second-order valence-corrected chi connectivity index (χ2v) is 6.81. The fraction of sp³-hybridized carbons (Fsp3) is 0.318. The monoisotopic (exact) mass is 359 g/mol. The Morgan fingerprint density at radius 3 is 1.67 bits per heavy atom. The van der Waals surface area contributed by atoms with Crippen molar-refractivity contribution in [3.63, 3.8) is 0 Å². The van der Waals surface area contributed by atoms with Gasteiger partial charge in [0.2, 0.25) is 11.8 Å². The van der Waals surface area contributed by atoms with E-state index in [2.05, 4.69) is 40.3 Å². The average Bonchev–Trinajstić information content (AvgIpc) is 3.35. The molecule has 0 aliphatic carbocycles. The second kappa shape index (κ2) is 8.05. The standard InChI is InChI=1S/C22H21N3O2/c23-13-20(21-24-18(14-26-21)11-16-7-3-1-4-8-16)22-25-19(15-27-22)12-17-9-5-2-6-10-17/h1-10,18-20H,11-12,14-15H2/t18-,19-/m0/s1. The Bertz CT molecular complexity index is 804. The van der Waals surface area contributed by atoms with E-state index in [1.54, 1.807) is 0 Å². The second-order valence-electron chi connectivity index (χ2n) is 6.81. The third kappa shape index (κ3) is 4.17. The molecule has 0 radical (unpaired) electrons. The van der Waals surface area contributed by atoms with Gasteiger partial charge < -0.3 is 9.47 Å². The van der Waals surface area contributed by atoms with Crippen LogP contribution in [0.1, 0.15) is 11.1 Å². The van der Waals surface area contributed by atoms with Gasteiger partial charge in [0.25, 0.3) is 0 Å². The number of hydrogen-bond acceptors (Lipinski definition) is 5. The largest absolute Gasteiger partial charge is 0.477 e. The molecule has 2 atom stereocenters. The van der Waals surface area contributed by atoms with E-state index in [9.17, 15) is 5.26 Å². The maximum absolute atomic E-state index is 9.63. The van der Waals surface area contributed by atoms with Crippen LogP contribution < -0.4 is 0 Å². The van der Waals surface area contributed by atoms with Crippen LogP contribution in [-0.4, -0.2) is 37.1 Å². The van der Waals surface area contributed by atoms with Gasteiger partial charge in [0.15, 0.2) is 5.92 Å². The van der Waals surface area contributed by atoms with Crippen LogP contribution in [0.2, 0.25) is 0 Å². The van der Waals surface area contributed by atoms with Crippen molar-refractivity contribution >= 4 is 11.8 Å². The van der Waals surface area contributed by atoms with Crippen molar-refractivity contribution < 1.29 is 9.47 Å². The summed E-state index contributed by atoms with van der Waals surface area (Å²) >= 11 is 0. The van der Waals surface area contributed by atoms with Crippen LogP contribution in [0.5, 0.6) is 0 Å². The van der Waals surface area contributed by atoms with E-state index >= 15 is 0 Å². The molecular weight excluding hydrogens is 338 g/mol. The van der Waals surface area contributed by atoms with Gasteiger partial charge in [-0.2, -0.15) is 5.26 Å². The summed E-state index contributed by atoms with van der Waals surface area (Å²) in [5.74, 6) is 0.196. The lowest BCUT2D eigenvalue weighted by atomic mass is 10.1. The van der Waals surface area contributed by atoms with Crippen LogP contribution in [0.3, 0.4) is 0 Å². The minimum absolute atomic E-state index is 0.0281. The fourth-order valence-electron chi connectivity index (χ4n) is 3.39. The van der Waals surface area contributed by atoms with Gasteiger partial charge in [-0.15, -0.1) is 0 Å². The summed E-state index contributed by atoms with van der Waals surface area (Å²) in [4.78, 5) is 9.24. The molecule has 5 nitrogen and oxygen atoms in total. The first-order valence-electron chi connectivity index (χ1n) is 9.20. The maximum atomic E-state index is 9.63. The van der Waals surface area contributed by atoms with Crippen LogP contribution in [-0.2, 0) is 22.3 Å². The van der Waals surface area contributed by atoms with E-state index in [1.807, 2.05) is 36.4 Å². The number of benzene rings is 2. The molecule has 2 aromatic carbocycles. The lowest BCUT2D eigenvalue weighted by molar-refractivity contribution is 0.290. The van der Waals surface area contributed by atoms with Gasteiger partial charge >= 0.3 is 0 Å². The highest BCUT2D eigenvalue weighted by atomic mass is 16.5. The lowest BCUT2D eigenvalue weighted by Crippen LogP contribution is -2.23. The first-order valence-corrected chi connectivity index (χ1v) is 9.20. The molecule has 0 bridgehead atoms. The Morgan fingerprint density at radius 1 is 0.815 bits per heavy atom. The summed E-state index contributed by atoms with van der Waals surface area (Å²) in [5, 5.41) is 9.63. The van der Waals surface area contributed by atoms with Gasteiger partial charge in [-0.05, 0) is 24.0 Å². The van der Waals surface area contributed by atoms with E-state index in [0.29, 0.717) is 25.0 Å². The van der Waals surface area contributed by atoms with Crippen LogP contribution in [0.25, 0.3) is 0 Å². The molecule has 0 unspecified atom stereocenters. The molecule has 0 N–H and O–H groups in total. The first-order chi connectivity index (χ1) is 13.3. The van der Waals surface area contributed by atoms with Crippen molar-refractivity contribution in [1.29, 1.82) is 5.26 Å². The van der Waals surface area contributed by atoms with Crippen molar-refractivity contribution in [2.24, 2.45) is 15.9 Å².